The van der Waals surface area contributed by atoms with Gasteiger partial charge in [0.05, 0.1) is 10.5 Å². The summed E-state index contributed by atoms with van der Waals surface area (Å²) in [5, 5.41) is 23.9. The maximum atomic E-state index is 10.6. The minimum Gasteiger partial charge on any atom is -0.387 e. The van der Waals surface area contributed by atoms with E-state index in [1.807, 2.05) is 41.6 Å². The number of nitrogens with zero attached hydrogens (tertiary/aromatic N) is 2. The lowest BCUT2D eigenvalue weighted by atomic mass is 10.1. The van der Waals surface area contributed by atoms with Crippen LogP contribution in [0.3, 0.4) is 0 Å². The van der Waals surface area contributed by atoms with Gasteiger partial charge >= 0.3 is 0 Å². The van der Waals surface area contributed by atoms with Gasteiger partial charge in [-0.05, 0) is 49.7 Å². The highest BCUT2D eigenvalue weighted by molar-refractivity contribution is 14.1. The van der Waals surface area contributed by atoms with E-state index in [1.54, 1.807) is 13.0 Å². The summed E-state index contributed by atoms with van der Waals surface area (Å²) in [5.41, 5.74) is -0.0193. The lowest BCUT2D eigenvalue weighted by Crippen LogP contribution is -2.43. The highest BCUT2D eigenvalue weighted by atomic mass is 127. The first-order valence-electron chi connectivity index (χ1n) is 5.76. The molecule has 1 aromatic carbocycles. The number of non-ortho nitro benzene ring substituents is 1. The fourth-order valence-corrected chi connectivity index (χ4v) is 2.47. The van der Waals surface area contributed by atoms with Crippen LogP contribution >= 0.6 is 22.6 Å². The number of nitrogens with one attached hydrogen (secondary N) is 1. The van der Waals surface area contributed by atoms with Gasteiger partial charge in [-0.25, -0.2) is 0 Å². The molecule has 2 N–H and O–H groups in total. The smallest absolute Gasteiger partial charge is 0.270 e. The van der Waals surface area contributed by atoms with Gasteiger partial charge in [0.15, 0.2) is 0 Å². The SMILES string of the molecule is CN(C)CC(C)(O)CNc1ccc([N+](=O)[O-])cc1I. The van der Waals surface area contributed by atoms with Crippen LogP contribution in [-0.4, -0.2) is 47.7 Å². The summed E-state index contributed by atoms with van der Waals surface area (Å²) in [5.74, 6) is 0. The van der Waals surface area contributed by atoms with E-state index >= 15 is 0 Å². The van der Waals surface area contributed by atoms with E-state index in [4.69, 9.17) is 0 Å². The van der Waals surface area contributed by atoms with Crippen molar-refractivity contribution < 1.29 is 10.0 Å². The van der Waals surface area contributed by atoms with Gasteiger partial charge in [-0.1, -0.05) is 0 Å². The molecule has 0 saturated carbocycles. The summed E-state index contributed by atoms with van der Waals surface area (Å²) in [6, 6.07) is 4.61. The number of nitro groups is 1. The summed E-state index contributed by atoms with van der Waals surface area (Å²) in [6.07, 6.45) is 0. The summed E-state index contributed by atoms with van der Waals surface area (Å²) in [4.78, 5) is 12.1. The number of likely N-dealkylation sites (N-methyl/N-ethyl adjacent to an activating group) is 1. The number of nitro benzene ring substituents is 1. The van der Waals surface area contributed by atoms with Gasteiger partial charge in [-0.2, -0.15) is 0 Å². The van der Waals surface area contributed by atoms with Gasteiger partial charge in [-0.3, -0.25) is 10.1 Å². The van der Waals surface area contributed by atoms with Crippen molar-refractivity contribution in [2.24, 2.45) is 0 Å². The molecule has 0 bridgehead atoms. The lowest BCUT2D eigenvalue weighted by Gasteiger charge is -2.27. The Labute approximate surface area is 126 Å². The Morgan fingerprint density at radius 3 is 2.63 bits per heavy atom. The van der Waals surface area contributed by atoms with Gasteiger partial charge in [0.25, 0.3) is 5.69 Å². The monoisotopic (exact) mass is 379 g/mol. The molecule has 0 heterocycles. The largest absolute Gasteiger partial charge is 0.387 e. The van der Waals surface area contributed by atoms with Crippen molar-refractivity contribution in [2.45, 2.75) is 12.5 Å². The molecule has 1 unspecified atom stereocenters. The van der Waals surface area contributed by atoms with Crippen molar-refractivity contribution in [1.29, 1.82) is 0 Å². The maximum absolute atomic E-state index is 10.6. The predicted molar refractivity (Wildman–Crippen MR) is 83.5 cm³/mol. The molecule has 6 nitrogen and oxygen atoms in total. The molecule has 0 spiro atoms. The fraction of sp³-hybridized carbons (Fsp3) is 0.500. The lowest BCUT2D eigenvalue weighted by molar-refractivity contribution is -0.384. The van der Waals surface area contributed by atoms with Crippen LogP contribution < -0.4 is 5.32 Å². The van der Waals surface area contributed by atoms with Gasteiger partial charge < -0.3 is 15.3 Å². The van der Waals surface area contributed by atoms with Crippen molar-refractivity contribution >= 4 is 34.0 Å². The van der Waals surface area contributed by atoms with E-state index in [9.17, 15) is 15.2 Å². The fourth-order valence-electron chi connectivity index (χ4n) is 1.78. The number of halogens is 1. The van der Waals surface area contributed by atoms with Crippen LogP contribution in [0, 0.1) is 13.7 Å². The van der Waals surface area contributed by atoms with Crippen molar-refractivity contribution in [3.63, 3.8) is 0 Å². The summed E-state index contributed by atoms with van der Waals surface area (Å²) >= 11 is 2.04. The van der Waals surface area contributed by atoms with E-state index in [2.05, 4.69) is 5.32 Å². The van der Waals surface area contributed by atoms with Gasteiger partial charge in [-0.15, -0.1) is 0 Å². The third-order valence-electron chi connectivity index (χ3n) is 2.48. The zero-order valence-corrected chi connectivity index (χ0v) is 13.3. The summed E-state index contributed by atoms with van der Waals surface area (Å²) in [7, 11) is 3.79. The highest BCUT2D eigenvalue weighted by Gasteiger charge is 2.21. The van der Waals surface area contributed by atoms with E-state index in [-0.39, 0.29) is 5.69 Å². The van der Waals surface area contributed by atoms with Gasteiger partial charge in [0, 0.05) is 34.5 Å². The summed E-state index contributed by atoms with van der Waals surface area (Å²) < 4.78 is 0.757. The summed E-state index contributed by atoms with van der Waals surface area (Å²) in [6.45, 7) is 2.65. The normalized spacial score (nSPS) is 14.2. The molecule has 0 aromatic heterocycles. The standard InChI is InChI=1S/C12H18IN3O3/c1-12(17,8-15(2)3)7-14-11-5-4-9(16(18)19)6-10(11)13/h4-6,14,17H,7-8H2,1-3H3. The third-order valence-corrected chi connectivity index (χ3v) is 3.37. The molecule has 0 saturated heterocycles. The van der Waals surface area contributed by atoms with E-state index in [0.29, 0.717) is 13.1 Å². The van der Waals surface area contributed by atoms with Crippen LogP contribution in [-0.2, 0) is 0 Å². The van der Waals surface area contributed by atoms with Crippen molar-refractivity contribution in [1.82, 2.24) is 4.90 Å². The van der Waals surface area contributed by atoms with E-state index in [1.165, 1.54) is 12.1 Å². The maximum Gasteiger partial charge on any atom is 0.270 e. The number of anilines is 1. The van der Waals surface area contributed by atoms with Crippen molar-refractivity contribution in [3.05, 3.63) is 31.9 Å². The first-order chi connectivity index (χ1) is 8.71. The molecule has 19 heavy (non-hydrogen) atoms. The zero-order valence-electron chi connectivity index (χ0n) is 11.2. The van der Waals surface area contributed by atoms with Crippen LogP contribution in [0.2, 0.25) is 0 Å². The average molecular weight is 379 g/mol. The molecule has 0 aliphatic carbocycles. The molecule has 1 atom stereocenters. The van der Waals surface area contributed by atoms with Crippen LogP contribution in [0.4, 0.5) is 11.4 Å². The Bertz CT molecular complexity index is 464. The van der Waals surface area contributed by atoms with E-state index < -0.39 is 10.5 Å². The molecule has 0 aliphatic heterocycles. The van der Waals surface area contributed by atoms with Crippen molar-refractivity contribution in [3.8, 4) is 0 Å². The van der Waals surface area contributed by atoms with Crippen LogP contribution in [0.1, 0.15) is 6.92 Å². The van der Waals surface area contributed by atoms with Gasteiger partial charge in [0.1, 0.15) is 0 Å². The first kappa shape index (κ1) is 16.1. The Morgan fingerprint density at radius 1 is 1.53 bits per heavy atom. The Hall–Kier alpha value is -0.930. The molecule has 106 valence electrons. The van der Waals surface area contributed by atoms with Gasteiger partial charge in [0.2, 0.25) is 0 Å². The molecule has 0 aliphatic rings. The topological polar surface area (TPSA) is 78.6 Å². The first-order valence-corrected chi connectivity index (χ1v) is 6.84. The Kier molecular flexibility index (Phi) is 5.50. The molecule has 0 radical (unpaired) electrons. The number of aliphatic hydroxyl groups is 1. The molecule has 0 amide bonds. The van der Waals surface area contributed by atoms with Crippen LogP contribution in [0.5, 0.6) is 0 Å². The second kappa shape index (κ2) is 6.49. The van der Waals surface area contributed by atoms with Crippen molar-refractivity contribution in [2.75, 3.05) is 32.5 Å². The number of hydrogen-bond donors (Lipinski definition) is 2. The molecule has 0 fully saturated rings. The number of hydrogen-bond acceptors (Lipinski definition) is 5. The average Bonchev–Trinajstić information content (AvgIpc) is 2.25. The quantitative estimate of drug-likeness (QED) is 0.449. The number of benzene rings is 1. The second-order valence-electron chi connectivity index (χ2n) is 5.01. The Morgan fingerprint density at radius 2 is 2.16 bits per heavy atom. The molecular weight excluding hydrogens is 361 g/mol. The van der Waals surface area contributed by atoms with E-state index in [0.717, 1.165) is 9.26 Å². The Balaban J connectivity index is 2.71. The van der Waals surface area contributed by atoms with Crippen LogP contribution in [0.25, 0.3) is 0 Å². The zero-order chi connectivity index (χ0) is 14.6. The second-order valence-corrected chi connectivity index (χ2v) is 6.17. The minimum atomic E-state index is -0.867. The third kappa shape index (κ3) is 5.29. The molecule has 1 aromatic rings. The minimum absolute atomic E-state index is 0.0648. The molecule has 7 heteroatoms. The number of rotatable bonds is 6. The predicted octanol–water partition coefficient (Wildman–Crippen LogP) is 1.92. The molecule has 1 rings (SSSR count). The molecular formula is C12H18IN3O3. The highest BCUT2D eigenvalue weighted by Crippen LogP contribution is 2.24. The van der Waals surface area contributed by atoms with Crippen LogP contribution in [0.15, 0.2) is 18.2 Å².